The van der Waals surface area contributed by atoms with Crippen LogP contribution in [0.15, 0.2) is 29.2 Å². The molecule has 0 aliphatic carbocycles. The monoisotopic (exact) mass is 302 g/mol. The van der Waals surface area contributed by atoms with Gasteiger partial charge in [-0.1, -0.05) is 17.7 Å². The summed E-state index contributed by atoms with van der Waals surface area (Å²) in [5.74, 6) is 0.211. The predicted molar refractivity (Wildman–Crippen MR) is 77.8 cm³/mol. The van der Waals surface area contributed by atoms with Gasteiger partial charge in [-0.2, -0.15) is 0 Å². The van der Waals surface area contributed by atoms with Crippen LogP contribution < -0.4 is 10.0 Å². The van der Waals surface area contributed by atoms with E-state index in [0.29, 0.717) is 12.3 Å². The summed E-state index contributed by atoms with van der Waals surface area (Å²) in [6.45, 7) is 2.51. The van der Waals surface area contributed by atoms with E-state index in [0.717, 1.165) is 11.2 Å². The Hall–Kier alpha value is -1.05. The fraction of sp³-hybridized carbons (Fsp3) is 0.417. The molecule has 0 aliphatic heterocycles. The van der Waals surface area contributed by atoms with Gasteiger partial charge in [0.1, 0.15) is 0 Å². The molecule has 1 aromatic carbocycles. The molecule has 0 radical (unpaired) electrons. The highest BCUT2D eigenvalue weighted by molar-refractivity contribution is 8.00. The summed E-state index contributed by atoms with van der Waals surface area (Å²) in [6.07, 6.45) is 1.09. The Morgan fingerprint density at radius 2 is 1.84 bits per heavy atom. The van der Waals surface area contributed by atoms with Gasteiger partial charge in [0, 0.05) is 18.0 Å². The third kappa shape index (κ3) is 7.86. The van der Waals surface area contributed by atoms with Gasteiger partial charge in [-0.3, -0.25) is 4.79 Å². The topological polar surface area (TPSA) is 75.3 Å². The predicted octanol–water partition coefficient (Wildman–Crippen LogP) is 0.753. The van der Waals surface area contributed by atoms with Crippen molar-refractivity contribution in [1.29, 1.82) is 0 Å². The second-order valence-corrected chi connectivity index (χ2v) is 7.00. The Morgan fingerprint density at radius 1 is 1.21 bits per heavy atom. The molecule has 0 saturated heterocycles. The van der Waals surface area contributed by atoms with Gasteiger partial charge in [0.25, 0.3) is 0 Å². The second-order valence-electron chi connectivity index (χ2n) is 4.12. The molecule has 5 nitrogen and oxygen atoms in total. The molecule has 2 N–H and O–H groups in total. The van der Waals surface area contributed by atoms with Crippen LogP contribution in [0, 0.1) is 6.92 Å². The van der Waals surface area contributed by atoms with E-state index in [-0.39, 0.29) is 12.5 Å². The number of amides is 1. The van der Waals surface area contributed by atoms with Crippen LogP contribution in [-0.2, 0) is 14.8 Å². The molecule has 0 aromatic heterocycles. The average molecular weight is 302 g/mol. The van der Waals surface area contributed by atoms with Crippen molar-refractivity contribution < 1.29 is 13.2 Å². The Bertz CT molecular complexity index is 512. The number of hydrogen-bond donors (Lipinski definition) is 2. The lowest BCUT2D eigenvalue weighted by Crippen LogP contribution is -2.34. The number of carbonyl (C=O) groups is 1. The van der Waals surface area contributed by atoms with Gasteiger partial charge in [-0.05, 0) is 19.1 Å². The van der Waals surface area contributed by atoms with E-state index in [9.17, 15) is 13.2 Å². The highest BCUT2D eigenvalue weighted by atomic mass is 32.2. The molecule has 0 aliphatic rings. The molecule has 0 heterocycles. The molecule has 0 fully saturated rings. The zero-order valence-electron chi connectivity index (χ0n) is 11.0. The molecule has 1 rings (SSSR count). The van der Waals surface area contributed by atoms with Crippen LogP contribution in [0.2, 0.25) is 0 Å². The smallest absolute Gasteiger partial charge is 0.230 e. The first-order valence-corrected chi connectivity index (χ1v) is 8.65. The van der Waals surface area contributed by atoms with E-state index < -0.39 is 10.0 Å². The number of nitrogens with one attached hydrogen (secondary N) is 2. The Morgan fingerprint density at radius 3 is 2.42 bits per heavy atom. The molecule has 1 aromatic rings. The van der Waals surface area contributed by atoms with Gasteiger partial charge in [0.15, 0.2) is 0 Å². The third-order valence-corrected chi connectivity index (χ3v) is 3.94. The average Bonchev–Trinajstić information content (AvgIpc) is 2.33. The van der Waals surface area contributed by atoms with Gasteiger partial charge < -0.3 is 5.32 Å². The van der Waals surface area contributed by atoms with Crippen molar-refractivity contribution in [2.45, 2.75) is 11.8 Å². The van der Waals surface area contributed by atoms with Crippen molar-refractivity contribution in [2.75, 3.05) is 25.1 Å². The normalized spacial score (nSPS) is 11.3. The third-order valence-electron chi connectivity index (χ3n) is 2.20. The maximum absolute atomic E-state index is 11.5. The molecule has 0 spiro atoms. The number of hydrogen-bond acceptors (Lipinski definition) is 4. The van der Waals surface area contributed by atoms with Gasteiger partial charge in [-0.25, -0.2) is 13.1 Å². The van der Waals surface area contributed by atoms with E-state index in [1.165, 1.54) is 17.3 Å². The van der Waals surface area contributed by atoms with Crippen LogP contribution in [0.25, 0.3) is 0 Å². The molecule has 0 saturated carbocycles. The lowest BCUT2D eigenvalue weighted by molar-refractivity contribution is -0.118. The molecule has 19 heavy (non-hydrogen) atoms. The van der Waals surface area contributed by atoms with Crippen molar-refractivity contribution in [3.8, 4) is 0 Å². The molecule has 1 amide bonds. The number of aryl methyl sites for hydroxylation is 1. The van der Waals surface area contributed by atoms with Crippen LogP contribution in [0.4, 0.5) is 0 Å². The molecule has 0 atom stereocenters. The zero-order valence-corrected chi connectivity index (χ0v) is 12.6. The van der Waals surface area contributed by atoms with Crippen LogP contribution in [0.1, 0.15) is 5.56 Å². The lowest BCUT2D eigenvalue weighted by Gasteiger charge is -2.05. The van der Waals surface area contributed by atoms with E-state index in [2.05, 4.69) is 10.0 Å². The van der Waals surface area contributed by atoms with Gasteiger partial charge in [0.05, 0.1) is 12.0 Å². The van der Waals surface area contributed by atoms with Gasteiger partial charge >= 0.3 is 0 Å². The summed E-state index contributed by atoms with van der Waals surface area (Å²) >= 11 is 1.45. The van der Waals surface area contributed by atoms with Crippen molar-refractivity contribution in [2.24, 2.45) is 0 Å². The second kappa shape index (κ2) is 7.52. The van der Waals surface area contributed by atoms with Crippen LogP contribution in [0.5, 0.6) is 0 Å². The number of sulfonamides is 1. The maximum Gasteiger partial charge on any atom is 0.230 e. The highest BCUT2D eigenvalue weighted by Gasteiger charge is 2.03. The van der Waals surface area contributed by atoms with Crippen LogP contribution in [-0.4, -0.2) is 39.4 Å². The summed E-state index contributed by atoms with van der Waals surface area (Å²) < 4.78 is 23.9. The largest absolute Gasteiger partial charge is 0.354 e. The SMILES string of the molecule is Cc1ccc(SCC(=O)NCCNS(C)(=O)=O)cc1. The Labute approximate surface area is 118 Å². The summed E-state index contributed by atoms with van der Waals surface area (Å²) in [7, 11) is -3.19. The molecule has 7 heteroatoms. The minimum atomic E-state index is -3.19. The van der Waals surface area contributed by atoms with E-state index in [1.807, 2.05) is 31.2 Å². The first kappa shape index (κ1) is 16.0. The van der Waals surface area contributed by atoms with Crippen molar-refractivity contribution in [1.82, 2.24) is 10.0 Å². The molecular weight excluding hydrogens is 284 g/mol. The molecule has 0 bridgehead atoms. The number of carbonyl (C=O) groups excluding carboxylic acids is 1. The van der Waals surface area contributed by atoms with Gasteiger partial charge in [-0.15, -0.1) is 11.8 Å². The minimum absolute atomic E-state index is 0.110. The standard InChI is InChI=1S/C12H18N2O3S2/c1-10-3-5-11(6-4-10)18-9-12(15)13-7-8-14-19(2,16)17/h3-6,14H,7-9H2,1-2H3,(H,13,15). The lowest BCUT2D eigenvalue weighted by atomic mass is 10.2. The molecule has 106 valence electrons. The summed E-state index contributed by atoms with van der Waals surface area (Å²) in [5.41, 5.74) is 1.18. The minimum Gasteiger partial charge on any atom is -0.354 e. The fourth-order valence-corrected chi connectivity index (χ4v) is 2.47. The summed E-state index contributed by atoms with van der Waals surface area (Å²) in [5, 5.41) is 2.65. The Kier molecular flexibility index (Phi) is 6.33. The highest BCUT2D eigenvalue weighted by Crippen LogP contribution is 2.17. The Balaban J connectivity index is 2.19. The molecular formula is C12H18N2O3S2. The maximum atomic E-state index is 11.5. The number of benzene rings is 1. The zero-order chi connectivity index (χ0) is 14.3. The summed E-state index contributed by atoms with van der Waals surface area (Å²) in [4.78, 5) is 12.5. The van der Waals surface area contributed by atoms with E-state index in [4.69, 9.17) is 0 Å². The number of rotatable bonds is 7. The van der Waals surface area contributed by atoms with Crippen molar-refractivity contribution >= 4 is 27.7 Å². The molecule has 0 unspecified atom stereocenters. The van der Waals surface area contributed by atoms with Crippen LogP contribution in [0.3, 0.4) is 0 Å². The van der Waals surface area contributed by atoms with Crippen molar-refractivity contribution in [3.05, 3.63) is 29.8 Å². The first-order chi connectivity index (χ1) is 8.87. The quantitative estimate of drug-likeness (QED) is 0.576. The van der Waals surface area contributed by atoms with E-state index >= 15 is 0 Å². The van der Waals surface area contributed by atoms with E-state index in [1.54, 1.807) is 0 Å². The number of thioether (sulfide) groups is 1. The first-order valence-electron chi connectivity index (χ1n) is 5.77. The van der Waals surface area contributed by atoms with Crippen molar-refractivity contribution in [3.63, 3.8) is 0 Å². The van der Waals surface area contributed by atoms with Crippen LogP contribution >= 0.6 is 11.8 Å². The summed E-state index contributed by atoms with van der Waals surface area (Å²) in [6, 6.07) is 7.93. The fourth-order valence-electron chi connectivity index (χ4n) is 1.27. The van der Waals surface area contributed by atoms with Gasteiger partial charge in [0.2, 0.25) is 15.9 Å².